The molecule has 1 amide bonds. The smallest absolute Gasteiger partial charge is 0.290 e. The molecule has 5 heteroatoms. The molecule has 1 aromatic heterocycles. The van der Waals surface area contributed by atoms with Gasteiger partial charge in [-0.3, -0.25) is 9.59 Å². The van der Waals surface area contributed by atoms with E-state index >= 15 is 0 Å². The first-order chi connectivity index (χ1) is 17.6. The Balaban J connectivity index is 1.57. The summed E-state index contributed by atoms with van der Waals surface area (Å²) in [6.45, 7) is 5.21. The minimum Gasteiger partial charge on any atom is -0.494 e. The molecule has 0 spiro atoms. The van der Waals surface area contributed by atoms with Crippen molar-refractivity contribution in [3.63, 3.8) is 0 Å². The van der Waals surface area contributed by atoms with Crippen molar-refractivity contribution < 1.29 is 13.9 Å². The molecular formula is C31H31NO4. The molecule has 1 atom stereocenters. The van der Waals surface area contributed by atoms with Gasteiger partial charge in [-0.25, -0.2) is 0 Å². The number of fused-ring (bicyclic) bond motifs is 2. The minimum atomic E-state index is -0.531. The van der Waals surface area contributed by atoms with Crippen molar-refractivity contribution in [3.8, 4) is 5.75 Å². The van der Waals surface area contributed by atoms with Crippen LogP contribution in [0.1, 0.15) is 65.0 Å². The van der Waals surface area contributed by atoms with Gasteiger partial charge >= 0.3 is 0 Å². The summed E-state index contributed by atoms with van der Waals surface area (Å²) in [6.07, 6.45) is 3.91. The quantitative estimate of drug-likeness (QED) is 0.258. The maximum Gasteiger partial charge on any atom is 0.290 e. The van der Waals surface area contributed by atoms with Crippen LogP contribution in [0, 0.1) is 6.92 Å². The SMILES string of the molecule is CCCCCOc1cccc(C2c3c(oc4ccc(C)cc4c3=O)C(=O)N2CCc2ccccc2)c1. The van der Waals surface area contributed by atoms with E-state index in [9.17, 15) is 9.59 Å². The van der Waals surface area contributed by atoms with Gasteiger partial charge in [0, 0.05) is 6.54 Å². The lowest BCUT2D eigenvalue weighted by Gasteiger charge is -2.25. The largest absolute Gasteiger partial charge is 0.494 e. The summed E-state index contributed by atoms with van der Waals surface area (Å²) in [5.41, 5.74) is 3.66. The van der Waals surface area contributed by atoms with Crippen molar-refractivity contribution in [2.24, 2.45) is 0 Å². The Bertz CT molecular complexity index is 1440. The van der Waals surface area contributed by atoms with Crippen LogP contribution in [-0.4, -0.2) is 24.0 Å². The van der Waals surface area contributed by atoms with Gasteiger partial charge in [0.1, 0.15) is 11.3 Å². The number of amides is 1. The number of nitrogens with zero attached hydrogens (tertiary/aromatic N) is 1. The Kier molecular flexibility index (Phi) is 6.90. The first-order valence-corrected chi connectivity index (χ1v) is 12.7. The first kappa shape index (κ1) is 23.9. The standard InChI is InChI=1S/C31H31NO4/c1-3-4-8-18-35-24-13-9-12-23(20-24)28-27-29(33)25-19-21(2)14-15-26(25)36-30(27)31(34)32(28)17-16-22-10-6-5-7-11-22/h5-7,9-15,19-20,28H,3-4,8,16-18H2,1-2H3. The van der Waals surface area contributed by atoms with Crippen LogP contribution < -0.4 is 10.2 Å². The summed E-state index contributed by atoms with van der Waals surface area (Å²) in [4.78, 5) is 29.2. The van der Waals surface area contributed by atoms with Gasteiger partial charge in [-0.1, -0.05) is 73.9 Å². The summed E-state index contributed by atoms with van der Waals surface area (Å²) in [5, 5.41) is 0.503. The van der Waals surface area contributed by atoms with Crippen molar-refractivity contribution in [2.75, 3.05) is 13.2 Å². The van der Waals surface area contributed by atoms with Gasteiger partial charge in [0.05, 0.1) is 23.6 Å². The molecule has 5 rings (SSSR count). The van der Waals surface area contributed by atoms with Gasteiger partial charge in [0.15, 0.2) is 5.43 Å². The van der Waals surface area contributed by atoms with Crippen molar-refractivity contribution >= 4 is 16.9 Å². The Hall–Kier alpha value is -3.86. The lowest BCUT2D eigenvalue weighted by Crippen LogP contribution is -2.31. The molecule has 0 saturated carbocycles. The third-order valence-corrected chi connectivity index (χ3v) is 6.80. The fourth-order valence-electron chi connectivity index (χ4n) is 4.92. The molecule has 0 aliphatic carbocycles. The molecule has 184 valence electrons. The van der Waals surface area contributed by atoms with Gasteiger partial charge in [-0.05, 0) is 55.2 Å². The van der Waals surface area contributed by atoms with Crippen molar-refractivity contribution in [2.45, 2.75) is 45.6 Å². The molecule has 1 aliphatic rings. The highest BCUT2D eigenvalue weighted by atomic mass is 16.5. The van der Waals surface area contributed by atoms with Crippen LogP contribution in [0.2, 0.25) is 0 Å². The Labute approximate surface area is 211 Å². The monoisotopic (exact) mass is 481 g/mol. The number of hydrogen-bond acceptors (Lipinski definition) is 4. The fraction of sp³-hybridized carbons (Fsp3) is 0.290. The second-order valence-corrected chi connectivity index (χ2v) is 9.44. The van der Waals surface area contributed by atoms with E-state index in [2.05, 4.69) is 6.92 Å². The maximum absolute atomic E-state index is 13.8. The summed E-state index contributed by atoms with van der Waals surface area (Å²) in [6, 6.07) is 22.8. The fourth-order valence-corrected chi connectivity index (χ4v) is 4.92. The predicted octanol–water partition coefficient (Wildman–Crippen LogP) is 6.46. The van der Waals surface area contributed by atoms with Crippen LogP contribution >= 0.6 is 0 Å². The second kappa shape index (κ2) is 10.4. The summed E-state index contributed by atoms with van der Waals surface area (Å²) in [7, 11) is 0. The Morgan fingerprint density at radius 2 is 1.78 bits per heavy atom. The number of rotatable bonds is 9. The first-order valence-electron chi connectivity index (χ1n) is 12.7. The average molecular weight is 482 g/mol. The van der Waals surface area contributed by atoms with Gasteiger partial charge < -0.3 is 14.1 Å². The predicted molar refractivity (Wildman–Crippen MR) is 142 cm³/mol. The van der Waals surface area contributed by atoms with E-state index in [1.165, 1.54) is 0 Å². The number of benzene rings is 3. The number of carbonyl (C=O) groups excluding carboxylic acids is 1. The Morgan fingerprint density at radius 1 is 0.944 bits per heavy atom. The number of unbranched alkanes of at least 4 members (excludes halogenated alkanes) is 2. The van der Waals surface area contributed by atoms with Crippen molar-refractivity contribution in [1.82, 2.24) is 4.90 Å². The Morgan fingerprint density at radius 3 is 2.58 bits per heavy atom. The highest BCUT2D eigenvalue weighted by Gasteiger charge is 2.42. The zero-order valence-corrected chi connectivity index (χ0v) is 20.8. The number of carbonyl (C=O) groups is 1. The van der Waals surface area contributed by atoms with E-state index in [1.54, 1.807) is 11.0 Å². The average Bonchev–Trinajstić information content (AvgIpc) is 3.18. The summed E-state index contributed by atoms with van der Waals surface area (Å²) < 4.78 is 12.1. The number of hydrogen-bond donors (Lipinski definition) is 0. The molecule has 0 N–H and O–H groups in total. The third-order valence-electron chi connectivity index (χ3n) is 6.80. The zero-order chi connectivity index (χ0) is 25.1. The third kappa shape index (κ3) is 4.66. The van der Waals surface area contributed by atoms with Gasteiger partial charge in [-0.2, -0.15) is 0 Å². The molecular weight excluding hydrogens is 450 g/mol. The maximum atomic E-state index is 13.8. The van der Waals surface area contributed by atoms with Gasteiger partial charge in [0.25, 0.3) is 5.91 Å². The molecule has 3 aromatic carbocycles. The minimum absolute atomic E-state index is 0.142. The van der Waals surface area contributed by atoms with Gasteiger partial charge in [-0.15, -0.1) is 0 Å². The molecule has 1 aliphatic heterocycles. The van der Waals surface area contributed by atoms with Crippen LogP contribution in [0.25, 0.3) is 11.0 Å². The second-order valence-electron chi connectivity index (χ2n) is 9.44. The highest BCUT2D eigenvalue weighted by molar-refractivity contribution is 5.99. The summed E-state index contributed by atoms with van der Waals surface area (Å²) >= 11 is 0. The van der Waals surface area contributed by atoms with Gasteiger partial charge in [0.2, 0.25) is 5.76 Å². The van der Waals surface area contributed by atoms with E-state index in [4.69, 9.17) is 9.15 Å². The molecule has 5 nitrogen and oxygen atoms in total. The van der Waals surface area contributed by atoms with Crippen LogP contribution in [0.3, 0.4) is 0 Å². The van der Waals surface area contributed by atoms with E-state index in [0.717, 1.165) is 41.7 Å². The molecule has 0 radical (unpaired) electrons. The molecule has 0 bridgehead atoms. The van der Waals surface area contributed by atoms with Crippen molar-refractivity contribution in [1.29, 1.82) is 0 Å². The topological polar surface area (TPSA) is 59.8 Å². The van der Waals surface area contributed by atoms with E-state index in [1.807, 2.05) is 73.7 Å². The van der Waals surface area contributed by atoms with E-state index in [-0.39, 0.29) is 17.1 Å². The van der Waals surface area contributed by atoms with Crippen LogP contribution in [0.5, 0.6) is 5.75 Å². The summed E-state index contributed by atoms with van der Waals surface area (Å²) in [5.74, 6) is 0.636. The normalized spacial score (nSPS) is 14.9. The van der Waals surface area contributed by atoms with E-state index < -0.39 is 6.04 Å². The molecule has 4 aromatic rings. The molecule has 0 fully saturated rings. The van der Waals surface area contributed by atoms with Crippen LogP contribution in [0.15, 0.2) is 82.0 Å². The number of ether oxygens (including phenoxy) is 1. The molecule has 0 saturated heterocycles. The van der Waals surface area contributed by atoms with Crippen LogP contribution in [0.4, 0.5) is 0 Å². The lowest BCUT2D eigenvalue weighted by atomic mass is 9.97. The molecule has 36 heavy (non-hydrogen) atoms. The zero-order valence-electron chi connectivity index (χ0n) is 20.8. The van der Waals surface area contributed by atoms with E-state index in [0.29, 0.717) is 36.1 Å². The highest BCUT2D eigenvalue weighted by Crippen LogP contribution is 2.39. The molecule has 2 heterocycles. The van der Waals surface area contributed by atoms with Crippen molar-refractivity contribution in [3.05, 3.63) is 111 Å². The lowest BCUT2D eigenvalue weighted by molar-refractivity contribution is 0.0730. The molecule has 1 unspecified atom stereocenters. The number of aryl methyl sites for hydroxylation is 1. The van der Waals surface area contributed by atoms with Crippen LogP contribution in [-0.2, 0) is 6.42 Å².